The van der Waals surface area contributed by atoms with E-state index in [1.165, 1.54) is 12.1 Å². The lowest BCUT2D eigenvalue weighted by Crippen LogP contribution is -2.48. The molecule has 9 heteroatoms. The number of benzene rings is 3. The van der Waals surface area contributed by atoms with Crippen molar-refractivity contribution in [1.29, 1.82) is 0 Å². The third kappa shape index (κ3) is 7.28. The number of aliphatic hydroxyl groups excluding tert-OH is 1. The zero-order valence-corrected chi connectivity index (χ0v) is 23.0. The van der Waals surface area contributed by atoms with Crippen LogP contribution >= 0.6 is 0 Å². The molecule has 0 spiro atoms. The molecule has 3 unspecified atom stereocenters. The Morgan fingerprint density at radius 3 is 2.45 bits per heavy atom. The quantitative estimate of drug-likeness (QED) is 0.246. The van der Waals surface area contributed by atoms with Crippen LogP contribution in [0.1, 0.15) is 55.8 Å². The first-order chi connectivity index (χ1) is 19.3. The molecule has 0 saturated carbocycles. The lowest BCUT2D eigenvalue weighted by Gasteiger charge is -2.31. The maximum Gasteiger partial charge on any atom is 0.247 e. The van der Waals surface area contributed by atoms with Crippen molar-refractivity contribution < 1.29 is 18.7 Å². The van der Waals surface area contributed by atoms with Gasteiger partial charge >= 0.3 is 0 Å². The molecule has 0 bridgehead atoms. The predicted molar refractivity (Wildman–Crippen MR) is 151 cm³/mol. The van der Waals surface area contributed by atoms with E-state index in [0.29, 0.717) is 17.5 Å². The van der Waals surface area contributed by atoms with Crippen LogP contribution in [0.15, 0.2) is 66.7 Å². The van der Waals surface area contributed by atoms with Crippen molar-refractivity contribution in [2.24, 2.45) is 5.73 Å². The van der Waals surface area contributed by atoms with Crippen molar-refractivity contribution in [3.8, 4) is 0 Å². The van der Waals surface area contributed by atoms with Crippen LogP contribution in [0.2, 0.25) is 0 Å². The Bertz CT molecular complexity index is 1410. The van der Waals surface area contributed by atoms with Gasteiger partial charge in [0.25, 0.3) is 0 Å². The van der Waals surface area contributed by atoms with E-state index >= 15 is 0 Å². The lowest BCUT2D eigenvalue weighted by molar-refractivity contribution is -0.137. The average molecular weight is 550 g/mol. The van der Waals surface area contributed by atoms with Crippen molar-refractivity contribution in [2.75, 3.05) is 6.54 Å². The van der Waals surface area contributed by atoms with Gasteiger partial charge in [-0.1, -0.05) is 68.3 Å². The normalized spacial score (nSPS) is 13.8. The maximum absolute atomic E-state index is 14.2. The highest BCUT2D eigenvalue weighted by molar-refractivity contribution is 5.83. The summed E-state index contributed by atoms with van der Waals surface area (Å²) >= 11 is 0. The first-order valence-corrected chi connectivity index (χ1v) is 13.8. The minimum absolute atomic E-state index is 0.0518. The van der Waals surface area contributed by atoms with Crippen LogP contribution in [0.3, 0.4) is 0 Å². The second kappa shape index (κ2) is 13.6. The number of aryl methyl sites for hydroxylation is 1. The summed E-state index contributed by atoms with van der Waals surface area (Å²) in [6.07, 6.45) is 2.02. The second-order valence-electron chi connectivity index (χ2n) is 10.3. The number of hydrogen-bond donors (Lipinski definition) is 2. The number of carbonyl (C=O) groups excluding carboxylic acids is 1. The molecule has 0 radical (unpaired) electrons. The molecule has 3 atom stereocenters. The van der Waals surface area contributed by atoms with Crippen LogP contribution in [-0.2, 0) is 24.2 Å². The Morgan fingerprint density at radius 2 is 1.73 bits per heavy atom. The Kier molecular flexibility index (Phi) is 9.95. The van der Waals surface area contributed by atoms with Gasteiger partial charge in [0.1, 0.15) is 23.2 Å². The van der Waals surface area contributed by atoms with E-state index in [1.54, 1.807) is 9.58 Å². The van der Waals surface area contributed by atoms with Gasteiger partial charge in [-0.25, -0.2) is 13.5 Å². The fourth-order valence-electron chi connectivity index (χ4n) is 4.97. The summed E-state index contributed by atoms with van der Waals surface area (Å²) in [5.74, 6) is -1.61. The number of aliphatic hydroxyl groups is 1. The summed E-state index contributed by atoms with van der Waals surface area (Å²) in [5.41, 5.74) is 10.2. The van der Waals surface area contributed by atoms with Gasteiger partial charge in [-0.2, -0.15) is 0 Å². The summed E-state index contributed by atoms with van der Waals surface area (Å²) in [7, 11) is 0. The van der Waals surface area contributed by atoms with Crippen LogP contribution in [0, 0.1) is 11.6 Å². The number of unbranched alkanes of at least 4 members (excludes halogenated alkanes) is 1. The minimum atomic E-state index is -1.14. The summed E-state index contributed by atoms with van der Waals surface area (Å²) < 4.78 is 29.1. The van der Waals surface area contributed by atoms with E-state index in [-0.39, 0.29) is 25.4 Å². The van der Waals surface area contributed by atoms with E-state index < -0.39 is 29.8 Å². The molecule has 1 aromatic heterocycles. The molecule has 0 aliphatic heterocycles. The van der Waals surface area contributed by atoms with Crippen LogP contribution in [0.5, 0.6) is 0 Å². The Balaban J connectivity index is 1.63. The van der Waals surface area contributed by atoms with Gasteiger partial charge in [0.2, 0.25) is 5.91 Å². The molecular formula is C31H37F2N5O2. The predicted octanol–water partition coefficient (Wildman–Crippen LogP) is 4.96. The first kappa shape index (κ1) is 29.3. The van der Waals surface area contributed by atoms with Gasteiger partial charge in [-0.15, -0.1) is 5.10 Å². The van der Waals surface area contributed by atoms with Gasteiger partial charge in [0, 0.05) is 25.2 Å². The Labute approximate surface area is 233 Å². The van der Waals surface area contributed by atoms with Crippen LogP contribution in [0.25, 0.3) is 11.0 Å². The first-order valence-electron chi connectivity index (χ1n) is 13.8. The van der Waals surface area contributed by atoms with E-state index in [2.05, 4.69) is 24.2 Å². The number of aromatic nitrogens is 3. The third-order valence-electron chi connectivity index (χ3n) is 7.17. The number of amides is 1. The zero-order chi connectivity index (χ0) is 28.6. The third-order valence-corrected chi connectivity index (χ3v) is 7.17. The fraction of sp³-hybridized carbons (Fsp3) is 0.387. The SMILES string of the molecule is CCCCC(C(=O)N(Cc1cccc(CC)c1)CC(O)C(N)Cc1cc(F)cc(F)c1)n1nnc2ccccc21. The monoisotopic (exact) mass is 549 g/mol. The number of nitrogens with zero attached hydrogens (tertiary/aromatic N) is 4. The number of carbonyl (C=O) groups is 1. The molecule has 0 aliphatic rings. The van der Waals surface area contributed by atoms with Crippen molar-refractivity contribution in [3.63, 3.8) is 0 Å². The summed E-state index contributed by atoms with van der Waals surface area (Å²) in [5, 5.41) is 19.7. The molecular weight excluding hydrogens is 512 g/mol. The molecule has 1 heterocycles. The Morgan fingerprint density at radius 1 is 1.00 bits per heavy atom. The van der Waals surface area contributed by atoms with Gasteiger partial charge < -0.3 is 15.7 Å². The van der Waals surface area contributed by atoms with Crippen molar-refractivity contribution in [3.05, 3.63) is 95.1 Å². The fourth-order valence-corrected chi connectivity index (χ4v) is 4.97. The van der Waals surface area contributed by atoms with E-state index in [4.69, 9.17) is 5.73 Å². The van der Waals surface area contributed by atoms with E-state index in [9.17, 15) is 18.7 Å². The molecule has 0 aliphatic carbocycles. The highest BCUT2D eigenvalue weighted by atomic mass is 19.1. The molecule has 0 saturated heterocycles. The van der Waals surface area contributed by atoms with Crippen LogP contribution in [0.4, 0.5) is 8.78 Å². The smallest absolute Gasteiger partial charge is 0.247 e. The molecule has 7 nitrogen and oxygen atoms in total. The Hall–Kier alpha value is -3.69. The number of rotatable bonds is 13. The second-order valence-corrected chi connectivity index (χ2v) is 10.3. The van der Waals surface area contributed by atoms with Crippen molar-refractivity contribution >= 4 is 16.9 Å². The van der Waals surface area contributed by atoms with E-state index in [0.717, 1.165) is 42.0 Å². The summed E-state index contributed by atoms with van der Waals surface area (Å²) in [6, 6.07) is 17.2. The molecule has 1 amide bonds. The number of fused-ring (bicyclic) bond motifs is 1. The van der Waals surface area contributed by atoms with Crippen LogP contribution < -0.4 is 5.73 Å². The molecule has 40 heavy (non-hydrogen) atoms. The number of nitrogens with two attached hydrogens (primary N) is 1. The molecule has 0 fully saturated rings. The minimum Gasteiger partial charge on any atom is -0.390 e. The number of halogens is 2. The molecule has 3 N–H and O–H groups in total. The largest absolute Gasteiger partial charge is 0.390 e. The number of hydrogen-bond acceptors (Lipinski definition) is 5. The molecule has 3 aromatic carbocycles. The van der Waals surface area contributed by atoms with Gasteiger partial charge in [-0.3, -0.25) is 4.79 Å². The van der Waals surface area contributed by atoms with Crippen molar-refractivity contribution in [1.82, 2.24) is 19.9 Å². The highest BCUT2D eigenvalue weighted by Gasteiger charge is 2.30. The molecule has 4 rings (SSSR count). The maximum atomic E-state index is 14.2. The summed E-state index contributed by atoms with van der Waals surface area (Å²) in [4.78, 5) is 15.9. The molecule has 212 valence electrons. The van der Waals surface area contributed by atoms with E-state index in [1.807, 2.05) is 48.5 Å². The average Bonchev–Trinajstić information content (AvgIpc) is 3.36. The van der Waals surface area contributed by atoms with Crippen molar-refractivity contribution in [2.45, 2.75) is 70.7 Å². The highest BCUT2D eigenvalue weighted by Crippen LogP contribution is 2.24. The van der Waals surface area contributed by atoms with Gasteiger partial charge in [-0.05, 0) is 60.2 Å². The standard InChI is InChI=1S/C31H37F2N5O2/c1-3-5-12-29(38-28-13-7-6-11-27(28)35-36-38)31(40)37(19-22-10-8-9-21(4-2)14-22)20-30(39)26(34)17-23-15-24(32)18-25(33)16-23/h6-11,13-16,18,26,29-30,39H,3-5,12,17,19-20,34H2,1-2H3. The topological polar surface area (TPSA) is 97.3 Å². The zero-order valence-electron chi connectivity index (χ0n) is 23.0. The summed E-state index contributed by atoms with van der Waals surface area (Å²) in [6.45, 7) is 4.34. The van der Waals surface area contributed by atoms with Gasteiger partial charge in [0.15, 0.2) is 0 Å². The van der Waals surface area contributed by atoms with Gasteiger partial charge in [0.05, 0.1) is 11.6 Å². The van der Waals surface area contributed by atoms with Crippen LogP contribution in [-0.4, -0.2) is 49.6 Å². The number of para-hydroxylation sites is 1. The molecule has 4 aromatic rings. The lowest BCUT2D eigenvalue weighted by atomic mass is 10.0.